The molecule has 0 radical (unpaired) electrons. The molecular weight excluding hydrogens is 392 g/mol. The summed E-state index contributed by atoms with van der Waals surface area (Å²) in [5.74, 6) is -6.50. The molecule has 12 nitrogen and oxygen atoms in total. The molecule has 142 valence electrons. The van der Waals surface area contributed by atoms with Crippen molar-refractivity contribution in [2.24, 2.45) is 0 Å². The molecule has 0 fully saturated rings. The number of hydrogen-bond donors (Lipinski definition) is 6. The Bertz CT molecular complexity index is 520. The fraction of sp³-hybridized carbons (Fsp3) is 0.500. The Balaban J connectivity index is 0.000000443. The van der Waals surface area contributed by atoms with Crippen LogP contribution >= 0.6 is 0 Å². The van der Waals surface area contributed by atoms with Crippen LogP contribution in [0.3, 0.4) is 0 Å². The van der Waals surface area contributed by atoms with Crippen LogP contribution in [0.1, 0.15) is 0 Å². The van der Waals surface area contributed by atoms with Gasteiger partial charge < -0.3 is 50.3 Å². The molecule has 4 unspecified atom stereocenters. The van der Waals surface area contributed by atoms with Gasteiger partial charge in [0.25, 0.3) is 0 Å². The molecule has 2 aliphatic rings. The quantitative estimate of drug-likeness (QED) is 0.191. The summed E-state index contributed by atoms with van der Waals surface area (Å²) in [4.78, 5) is 20.9. The van der Waals surface area contributed by atoms with Gasteiger partial charge in [0.1, 0.15) is 23.7 Å². The van der Waals surface area contributed by atoms with Gasteiger partial charge in [0.2, 0.25) is 0 Å². The number of rotatable bonds is 4. The first-order valence-corrected chi connectivity index (χ1v) is 6.35. The minimum atomic E-state index is -1.46. The van der Waals surface area contributed by atoms with Gasteiger partial charge in [-0.3, -0.25) is 0 Å². The van der Waals surface area contributed by atoms with E-state index in [4.69, 9.17) is 30.6 Å². The molecule has 13 heteroatoms. The first kappa shape index (κ1) is 23.0. The van der Waals surface area contributed by atoms with Crippen LogP contribution in [0.2, 0.25) is 0 Å². The molecule has 0 spiro atoms. The molecular formula is C12H14FeO12. The molecule has 0 aromatic carbocycles. The maximum absolute atomic E-state index is 10.6. The summed E-state index contributed by atoms with van der Waals surface area (Å²) in [7, 11) is 0. The second-order valence-electron chi connectivity index (χ2n) is 4.58. The number of aliphatic hydroxyl groups is 6. The summed E-state index contributed by atoms with van der Waals surface area (Å²) < 4.78 is 8.51. The third-order valence-electron chi connectivity index (χ3n) is 2.92. The number of carbonyl (C=O) groups excluding carboxylic acids is 2. The smallest absolute Gasteiger partial charge is 0.865 e. The van der Waals surface area contributed by atoms with E-state index >= 15 is 0 Å². The van der Waals surface area contributed by atoms with Crippen molar-refractivity contribution < 1.29 is 77.0 Å². The van der Waals surface area contributed by atoms with Crippen LogP contribution in [0.15, 0.2) is 23.0 Å². The Hall–Kier alpha value is -2.02. The fourth-order valence-corrected chi connectivity index (χ4v) is 1.63. The predicted molar refractivity (Wildman–Crippen MR) is 65.3 cm³/mol. The number of esters is 2. The molecule has 25 heavy (non-hydrogen) atoms. The van der Waals surface area contributed by atoms with Gasteiger partial charge in [-0.1, -0.05) is 0 Å². The van der Waals surface area contributed by atoms with Crippen LogP contribution in [0, 0.1) is 0 Å². The van der Waals surface area contributed by atoms with E-state index in [-0.39, 0.29) is 17.1 Å². The summed E-state index contributed by atoms with van der Waals surface area (Å²) in [5.41, 5.74) is 0. The average molecular weight is 406 g/mol. The number of ether oxygens (including phenoxy) is 2. The van der Waals surface area contributed by atoms with E-state index < -0.39 is 72.6 Å². The molecule has 0 saturated heterocycles. The fourth-order valence-electron chi connectivity index (χ4n) is 1.63. The molecule has 2 heterocycles. The summed E-state index contributed by atoms with van der Waals surface area (Å²) in [6.07, 6.45) is -5.76. The van der Waals surface area contributed by atoms with Gasteiger partial charge >= 0.3 is 29.0 Å². The molecule has 0 bridgehead atoms. The van der Waals surface area contributed by atoms with Gasteiger partial charge in [0.05, 0.1) is 13.2 Å². The SMILES string of the molecule is O=C1OC(C(O)CO)C(O)=C1[O-].O=C1OC(C(O)CO)C(O)=C1[O-].[Fe+2]. The van der Waals surface area contributed by atoms with Crippen molar-refractivity contribution in [2.45, 2.75) is 24.4 Å². The van der Waals surface area contributed by atoms with Crippen molar-refractivity contribution in [3.8, 4) is 0 Å². The Morgan fingerprint density at radius 2 is 1.12 bits per heavy atom. The normalized spacial score (nSPS) is 24.8. The Morgan fingerprint density at radius 1 is 0.840 bits per heavy atom. The zero-order chi connectivity index (χ0) is 18.6. The molecule has 0 aliphatic carbocycles. The van der Waals surface area contributed by atoms with E-state index in [9.17, 15) is 19.8 Å². The monoisotopic (exact) mass is 406 g/mol. The second-order valence-corrected chi connectivity index (χ2v) is 4.58. The van der Waals surface area contributed by atoms with Crippen LogP contribution in [-0.4, -0.2) is 80.2 Å². The number of cyclic esters (lactones) is 2. The van der Waals surface area contributed by atoms with E-state index in [1.807, 2.05) is 0 Å². The van der Waals surface area contributed by atoms with Crippen molar-refractivity contribution in [1.29, 1.82) is 0 Å². The maximum Gasteiger partial charge on any atom is 2.00 e. The molecule has 6 N–H and O–H groups in total. The second kappa shape index (κ2) is 9.46. The minimum absolute atomic E-state index is 0. The summed E-state index contributed by atoms with van der Waals surface area (Å²) in [6, 6.07) is 0. The number of aliphatic hydroxyl groups excluding tert-OH is 6. The predicted octanol–water partition coefficient (Wildman–Crippen LogP) is -5.21. The first-order chi connectivity index (χ1) is 11.1. The molecule has 0 amide bonds. The Kier molecular flexibility index (Phi) is 8.69. The third-order valence-corrected chi connectivity index (χ3v) is 2.92. The van der Waals surface area contributed by atoms with Crippen molar-refractivity contribution >= 4 is 11.9 Å². The van der Waals surface area contributed by atoms with Crippen LogP contribution in [0.25, 0.3) is 0 Å². The van der Waals surface area contributed by atoms with Crippen molar-refractivity contribution in [1.82, 2.24) is 0 Å². The molecule has 2 aliphatic heterocycles. The van der Waals surface area contributed by atoms with E-state index in [0.717, 1.165) is 0 Å². The first-order valence-electron chi connectivity index (χ1n) is 6.35. The van der Waals surface area contributed by atoms with Gasteiger partial charge in [-0.15, -0.1) is 0 Å². The van der Waals surface area contributed by atoms with E-state index in [1.54, 1.807) is 0 Å². The summed E-state index contributed by atoms with van der Waals surface area (Å²) in [5, 5.41) is 73.5. The number of carbonyl (C=O) groups is 2. The van der Waals surface area contributed by atoms with Crippen molar-refractivity contribution in [3.63, 3.8) is 0 Å². The largest absolute Gasteiger partial charge is 2.00 e. The molecule has 4 atom stereocenters. The summed E-state index contributed by atoms with van der Waals surface area (Å²) >= 11 is 0. The van der Waals surface area contributed by atoms with Crippen molar-refractivity contribution in [3.05, 3.63) is 23.0 Å². The van der Waals surface area contributed by atoms with Crippen LogP contribution in [0.4, 0.5) is 0 Å². The molecule has 0 aromatic rings. The van der Waals surface area contributed by atoms with Crippen LogP contribution in [0.5, 0.6) is 0 Å². The van der Waals surface area contributed by atoms with Gasteiger partial charge in [-0.2, -0.15) is 0 Å². The van der Waals surface area contributed by atoms with E-state index in [2.05, 4.69) is 9.47 Å². The third kappa shape index (κ3) is 4.98. The Morgan fingerprint density at radius 3 is 1.28 bits per heavy atom. The molecule has 2 rings (SSSR count). The van der Waals surface area contributed by atoms with E-state index in [1.165, 1.54) is 0 Å². The Labute approximate surface area is 150 Å². The zero-order valence-corrected chi connectivity index (χ0v) is 13.3. The average Bonchev–Trinajstić information content (AvgIpc) is 2.98. The van der Waals surface area contributed by atoms with Crippen LogP contribution in [-0.2, 0) is 36.1 Å². The standard InChI is InChI=1S/2C6H8O6.Fe/c2*7-1-2(8)5-3(9)4(10)6(11)12-5;/h2*2,5,7-10H,1H2;/q;;+2/p-2. The molecule has 0 aromatic heterocycles. The van der Waals surface area contributed by atoms with Gasteiger partial charge in [0, 0.05) is 11.5 Å². The molecule has 0 saturated carbocycles. The van der Waals surface area contributed by atoms with E-state index in [0.29, 0.717) is 0 Å². The van der Waals surface area contributed by atoms with Crippen molar-refractivity contribution in [2.75, 3.05) is 13.2 Å². The zero-order valence-electron chi connectivity index (χ0n) is 12.2. The van der Waals surface area contributed by atoms with Gasteiger partial charge in [-0.25, -0.2) is 9.59 Å². The topological polar surface area (TPSA) is 220 Å². The van der Waals surface area contributed by atoms with Gasteiger partial charge in [0.15, 0.2) is 12.2 Å². The van der Waals surface area contributed by atoms with Crippen LogP contribution < -0.4 is 10.2 Å². The maximum atomic E-state index is 10.6. The minimum Gasteiger partial charge on any atom is -0.865 e. The van der Waals surface area contributed by atoms with Gasteiger partial charge in [-0.05, 0) is 0 Å². The number of hydrogen-bond acceptors (Lipinski definition) is 12. The summed E-state index contributed by atoms with van der Waals surface area (Å²) in [6.45, 7) is -1.40.